The number of hydrogen-bond acceptors (Lipinski definition) is 4. The monoisotopic (exact) mass is 274 g/mol. The third kappa shape index (κ3) is 2.66. The maximum Gasteiger partial charge on any atom is 0.338 e. The Labute approximate surface area is 115 Å². The van der Waals surface area contributed by atoms with Gasteiger partial charge in [-0.05, 0) is 25.5 Å². The third-order valence-electron chi connectivity index (χ3n) is 2.96. The molecule has 2 aromatic rings. The Balaban J connectivity index is 2.24. The molecule has 1 amide bonds. The number of carbonyl (C=O) groups is 2. The molecular weight excluding hydrogens is 260 g/mol. The highest BCUT2D eigenvalue weighted by atomic mass is 16.4. The van der Waals surface area contributed by atoms with Gasteiger partial charge < -0.3 is 10.4 Å². The minimum Gasteiger partial charge on any atom is -0.478 e. The summed E-state index contributed by atoms with van der Waals surface area (Å²) in [6, 6.07) is 4.35. The van der Waals surface area contributed by atoms with E-state index in [1.807, 2.05) is 0 Å². The molecule has 0 radical (unpaired) electrons. The van der Waals surface area contributed by atoms with Crippen LogP contribution in [0.5, 0.6) is 0 Å². The summed E-state index contributed by atoms with van der Waals surface area (Å²) >= 11 is 0. The molecule has 1 heterocycles. The number of carboxylic acids is 1. The SMILES string of the molecule is Cc1cccc(NC(=O)C(C)n2cncn2)c1C(=O)O. The number of aromatic nitrogens is 3. The molecule has 0 aliphatic carbocycles. The Hall–Kier alpha value is -2.70. The van der Waals surface area contributed by atoms with Gasteiger partial charge in [-0.3, -0.25) is 4.79 Å². The standard InChI is InChI=1S/C13H14N4O3/c1-8-4-3-5-10(11(8)13(19)20)16-12(18)9(2)17-7-14-6-15-17/h3-7,9H,1-2H3,(H,16,18)(H,19,20). The van der Waals surface area contributed by atoms with Crippen LogP contribution in [0.15, 0.2) is 30.9 Å². The predicted molar refractivity (Wildman–Crippen MR) is 71.5 cm³/mol. The Morgan fingerprint density at radius 2 is 2.15 bits per heavy atom. The molecule has 0 bridgehead atoms. The van der Waals surface area contributed by atoms with Gasteiger partial charge in [0.05, 0.1) is 11.3 Å². The zero-order valence-electron chi connectivity index (χ0n) is 11.1. The first kappa shape index (κ1) is 13.7. The topological polar surface area (TPSA) is 97.1 Å². The summed E-state index contributed by atoms with van der Waals surface area (Å²) in [6.07, 6.45) is 2.76. The van der Waals surface area contributed by atoms with E-state index in [0.717, 1.165) is 0 Å². The van der Waals surface area contributed by atoms with Crippen LogP contribution >= 0.6 is 0 Å². The summed E-state index contributed by atoms with van der Waals surface area (Å²) in [7, 11) is 0. The quantitative estimate of drug-likeness (QED) is 0.880. The van der Waals surface area contributed by atoms with Crippen molar-refractivity contribution in [3.8, 4) is 0 Å². The number of amides is 1. The summed E-state index contributed by atoms with van der Waals surface area (Å²) in [6.45, 7) is 3.33. The van der Waals surface area contributed by atoms with Crippen molar-refractivity contribution in [3.05, 3.63) is 42.0 Å². The van der Waals surface area contributed by atoms with Gasteiger partial charge in [0.1, 0.15) is 18.7 Å². The summed E-state index contributed by atoms with van der Waals surface area (Å²) in [5, 5.41) is 15.7. The van der Waals surface area contributed by atoms with E-state index in [-0.39, 0.29) is 17.2 Å². The molecule has 0 saturated heterocycles. The van der Waals surface area contributed by atoms with Crippen molar-refractivity contribution in [2.24, 2.45) is 0 Å². The van der Waals surface area contributed by atoms with Gasteiger partial charge in [0.25, 0.3) is 0 Å². The number of benzene rings is 1. The fraction of sp³-hybridized carbons (Fsp3) is 0.231. The summed E-state index contributed by atoms with van der Waals surface area (Å²) in [5.74, 6) is -1.43. The largest absolute Gasteiger partial charge is 0.478 e. The summed E-state index contributed by atoms with van der Waals surface area (Å²) in [5.41, 5.74) is 0.949. The molecular formula is C13H14N4O3. The Morgan fingerprint density at radius 1 is 1.40 bits per heavy atom. The number of rotatable bonds is 4. The molecule has 7 nitrogen and oxygen atoms in total. The van der Waals surface area contributed by atoms with Crippen LogP contribution in [0.1, 0.15) is 28.9 Å². The van der Waals surface area contributed by atoms with Crippen LogP contribution < -0.4 is 5.32 Å². The molecule has 0 fully saturated rings. The third-order valence-corrected chi connectivity index (χ3v) is 2.96. The van der Waals surface area contributed by atoms with Crippen LogP contribution in [0, 0.1) is 6.92 Å². The minimum atomic E-state index is -1.08. The van der Waals surface area contributed by atoms with Crippen molar-refractivity contribution in [3.63, 3.8) is 0 Å². The van der Waals surface area contributed by atoms with Crippen molar-refractivity contribution in [2.75, 3.05) is 5.32 Å². The van der Waals surface area contributed by atoms with Crippen molar-refractivity contribution in [1.82, 2.24) is 14.8 Å². The molecule has 0 aliphatic heterocycles. The van der Waals surface area contributed by atoms with Crippen molar-refractivity contribution in [1.29, 1.82) is 0 Å². The number of nitrogens with one attached hydrogen (secondary N) is 1. The summed E-state index contributed by atoms with van der Waals surface area (Å²) in [4.78, 5) is 27.1. The van der Waals surface area contributed by atoms with Crippen LogP contribution in [0.25, 0.3) is 0 Å². The summed E-state index contributed by atoms with van der Waals surface area (Å²) < 4.78 is 1.39. The van der Waals surface area contributed by atoms with Crippen molar-refractivity contribution in [2.45, 2.75) is 19.9 Å². The fourth-order valence-electron chi connectivity index (χ4n) is 1.83. The molecule has 1 atom stereocenters. The highest BCUT2D eigenvalue weighted by molar-refractivity contribution is 6.02. The van der Waals surface area contributed by atoms with E-state index in [0.29, 0.717) is 5.56 Å². The second-order valence-corrected chi connectivity index (χ2v) is 4.34. The lowest BCUT2D eigenvalue weighted by Gasteiger charge is -2.14. The maximum absolute atomic E-state index is 12.1. The zero-order valence-corrected chi connectivity index (χ0v) is 11.1. The van der Waals surface area contributed by atoms with E-state index < -0.39 is 12.0 Å². The lowest BCUT2D eigenvalue weighted by molar-refractivity contribution is -0.119. The zero-order chi connectivity index (χ0) is 14.7. The fourth-order valence-corrected chi connectivity index (χ4v) is 1.83. The number of aryl methyl sites for hydroxylation is 1. The molecule has 104 valence electrons. The first-order valence-corrected chi connectivity index (χ1v) is 5.98. The number of anilines is 1. The average Bonchev–Trinajstić information content (AvgIpc) is 2.91. The van der Waals surface area contributed by atoms with E-state index in [9.17, 15) is 14.7 Å². The molecule has 1 unspecified atom stereocenters. The van der Waals surface area contributed by atoms with Gasteiger partial charge in [0, 0.05) is 0 Å². The van der Waals surface area contributed by atoms with Gasteiger partial charge in [-0.2, -0.15) is 5.10 Å². The van der Waals surface area contributed by atoms with E-state index in [2.05, 4.69) is 15.4 Å². The van der Waals surface area contributed by atoms with Crippen LogP contribution in [0.4, 0.5) is 5.69 Å². The van der Waals surface area contributed by atoms with Crippen LogP contribution in [-0.2, 0) is 4.79 Å². The molecule has 7 heteroatoms. The second-order valence-electron chi connectivity index (χ2n) is 4.34. The van der Waals surface area contributed by atoms with Gasteiger partial charge in [-0.25, -0.2) is 14.5 Å². The first-order valence-electron chi connectivity index (χ1n) is 5.98. The lowest BCUT2D eigenvalue weighted by Crippen LogP contribution is -2.25. The van der Waals surface area contributed by atoms with E-state index in [1.54, 1.807) is 32.0 Å². The minimum absolute atomic E-state index is 0.0895. The molecule has 1 aromatic heterocycles. The lowest BCUT2D eigenvalue weighted by atomic mass is 10.1. The normalized spacial score (nSPS) is 11.9. The number of carbonyl (C=O) groups excluding carboxylic acids is 1. The Bertz CT molecular complexity index is 637. The van der Waals surface area contributed by atoms with Gasteiger partial charge >= 0.3 is 5.97 Å². The maximum atomic E-state index is 12.1. The number of hydrogen-bond donors (Lipinski definition) is 2. The van der Waals surface area contributed by atoms with Gasteiger partial charge in [0.2, 0.25) is 5.91 Å². The molecule has 1 aromatic carbocycles. The number of nitrogens with zero attached hydrogens (tertiary/aromatic N) is 3. The smallest absolute Gasteiger partial charge is 0.338 e. The van der Waals surface area contributed by atoms with E-state index in [4.69, 9.17) is 0 Å². The van der Waals surface area contributed by atoms with E-state index in [1.165, 1.54) is 17.3 Å². The van der Waals surface area contributed by atoms with Crippen LogP contribution in [0.3, 0.4) is 0 Å². The molecule has 2 N–H and O–H groups in total. The van der Waals surface area contributed by atoms with Gasteiger partial charge in [0.15, 0.2) is 0 Å². The van der Waals surface area contributed by atoms with Crippen molar-refractivity contribution < 1.29 is 14.7 Å². The molecule has 0 saturated carbocycles. The number of carboxylic acid groups (broad SMARTS) is 1. The first-order chi connectivity index (χ1) is 9.50. The average molecular weight is 274 g/mol. The number of aromatic carboxylic acids is 1. The van der Waals surface area contributed by atoms with Crippen LogP contribution in [0.2, 0.25) is 0 Å². The Kier molecular flexibility index (Phi) is 3.79. The van der Waals surface area contributed by atoms with E-state index >= 15 is 0 Å². The highest BCUT2D eigenvalue weighted by Crippen LogP contribution is 2.20. The molecule has 0 aliphatic rings. The predicted octanol–water partition coefficient (Wildman–Crippen LogP) is 1.48. The second kappa shape index (κ2) is 5.52. The molecule has 0 spiro atoms. The molecule has 20 heavy (non-hydrogen) atoms. The molecule has 2 rings (SSSR count). The van der Waals surface area contributed by atoms with Gasteiger partial charge in [-0.1, -0.05) is 12.1 Å². The van der Waals surface area contributed by atoms with Crippen LogP contribution in [-0.4, -0.2) is 31.7 Å². The highest BCUT2D eigenvalue weighted by Gasteiger charge is 2.19. The Morgan fingerprint density at radius 3 is 2.75 bits per heavy atom. The van der Waals surface area contributed by atoms with Crippen molar-refractivity contribution >= 4 is 17.6 Å². The van der Waals surface area contributed by atoms with Gasteiger partial charge in [-0.15, -0.1) is 0 Å².